The Balaban J connectivity index is 1.62. The predicted molar refractivity (Wildman–Crippen MR) is 119 cm³/mol. The molecule has 0 aliphatic carbocycles. The Morgan fingerprint density at radius 1 is 0.929 bits per heavy atom. The smallest absolute Gasteiger partial charge is 0.220 e. The maximum Gasteiger partial charge on any atom is 0.220 e. The van der Waals surface area contributed by atoms with Crippen molar-refractivity contribution in [3.8, 4) is 0 Å². The quantitative estimate of drug-likeness (QED) is 0.665. The lowest BCUT2D eigenvalue weighted by molar-refractivity contribution is 0.533. The molecule has 0 aromatic heterocycles. The zero-order valence-electron chi connectivity index (χ0n) is 16.1. The lowest BCUT2D eigenvalue weighted by atomic mass is 10.0. The minimum atomic E-state index is -0.581. The fraction of sp³-hybridized carbons (Fsp3) is 0.333. The van der Waals surface area contributed by atoms with Crippen molar-refractivity contribution in [2.45, 2.75) is 45.2 Å². The first-order valence-corrected chi connectivity index (χ1v) is 10.0. The second-order valence-electron chi connectivity index (χ2n) is 7.40. The molecule has 2 aromatic carbocycles. The highest BCUT2D eigenvalue weighted by atomic mass is 35.5. The standard InChI is InChI=1S/C21H25Cl2N5/c1-21(2)27-19(24)26-20(25)28(21)16-9-5-8-14(12-16)6-3-4-7-15-10-11-17(22)18(23)13-15/h5,8-13H,3-4,6-7H2,1-2H3,(H4,24,25,26,27). The van der Waals surface area contributed by atoms with Crippen molar-refractivity contribution in [2.24, 2.45) is 21.5 Å². The molecule has 1 aliphatic heterocycles. The molecule has 0 saturated heterocycles. The van der Waals surface area contributed by atoms with Crippen LogP contribution >= 0.6 is 23.2 Å². The van der Waals surface area contributed by atoms with Gasteiger partial charge in [0, 0.05) is 5.69 Å². The van der Waals surface area contributed by atoms with Gasteiger partial charge in [-0.25, -0.2) is 4.99 Å². The van der Waals surface area contributed by atoms with Crippen molar-refractivity contribution in [3.05, 3.63) is 63.6 Å². The average molecular weight is 418 g/mol. The number of benzene rings is 2. The van der Waals surface area contributed by atoms with E-state index in [-0.39, 0.29) is 5.96 Å². The molecule has 0 amide bonds. The van der Waals surface area contributed by atoms with Crippen molar-refractivity contribution in [1.29, 1.82) is 0 Å². The Morgan fingerprint density at radius 2 is 1.61 bits per heavy atom. The fourth-order valence-corrected chi connectivity index (χ4v) is 3.78. The van der Waals surface area contributed by atoms with Gasteiger partial charge in [-0.2, -0.15) is 4.99 Å². The van der Waals surface area contributed by atoms with Gasteiger partial charge in [0.25, 0.3) is 0 Å². The van der Waals surface area contributed by atoms with Crippen LogP contribution in [-0.4, -0.2) is 17.6 Å². The van der Waals surface area contributed by atoms with Crippen LogP contribution in [0.2, 0.25) is 10.0 Å². The Labute approximate surface area is 176 Å². The van der Waals surface area contributed by atoms with E-state index in [1.807, 2.05) is 49.1 Å². The molecule has 0 atom stereocenters. The molecule has 148 valence electrons. The van der Waals surface area contributed by atoms with Gasteiger partial charge in [-0.15, -0.1) is 0 Å². The summed E-state index contributed by atoms with van der Waals surface area (Å²) in [6.07, 6.45) is 4.10. The van der Waals surface area contributed by atoms with Crippen LogP contribution in [0.1, 0.15) is 37.8 Å². The third-order valence-corrected chi connectivity index (χ3v) is 5.47. The number of nitrogens with two attached hydrogens (primary N) is 2. The SMILES string of the molecule is CC1(C)N=C(N)N=C(N)N1c1cccc(CCCCc2ccc(Cl)c(Cl)c2)c1. The highest BCUT2D eigenvalue weighted by Gasteiger charge is 2.32. The number of aliphatic imine (C=N–C) groups is 2. The first-order valence-electron chi connectivity index (χ1n) is 9.29. The Morgan fingerprint density at radius 3 is 2.25 bits per heavy atom. The van der Waals surface area contributed by atoms with Gasteiger partial charge in [-0.3, -0.25) is 4.90 Å². The van der Waals surface area contributed by atoms with E-state index >= 15 is 0 Å². The number of rotatable bonds is 6. The largest absolute Gasteiger partial charge is 0.369 e. The summed E-state index contributed by atoms with van der Waals surface area (Å²) in [5.74, 6) is 0.562. The summed E-state index contributed by atoms with van der Waals surface area (Å²) in [5, 5.41) is 1.20. The van der Waals surface area contributed by atoms with E-state index in [0.717, 1.165) is 31.4 Å². The molecule has 2 aromatic rings. The number of hydrogen-bond donors (Lipinski definition) is 2. The van der Waals surface area contributed by atoms with E-state index < -0.39 is 5.66 Å². The Kier molecular flexibility index (Phi) is 6.16. The molecule has 3 rings (SSSR count). The molecular weight excluding hydrogens is 393 g/mol. The van der Waals surface area contributed by atoms with E-state index in [4.69, 9.17) is 34.7 Å². The maximum atomic E-state index is 6.13. The van der Waals surface area contributed by atoms with Crippen LogP contribution in [0.4, 0.5) is 5.69 Å². The molecule has 0 bridgehead atoms. The number of anilines is 1. The number of halogens is 2. The molecule has 0 unspecified atom stereocenters. The number of nitrogens with zero attached hydrogens (tertiary/aromatic N) is 3. The van der Waals surface area contributed by atoms with Crippen LogP contribution < -0.4 is 16.4 Å². The predicted octanol–water partition coefficient (Wildman–Crippen LogP) is 4.74. The molecule has 0 fully saturated rings. The lowest BCUT2D eigenvalue weighted by Gasteiger charge is -2.38. The van der Waals surface area contributed by atoms with Crippen molar-refractivity contribution >= 4 is 40.8 Å². The average Bonchev–Trinajstić information content (AvgIpc) is 2.60. The molecule has 0 saturated carbocycles. The molecule has 0 radical (unpaired) electrons. The van der Waals surface area contributed by atoms with Crippen molar-refractivity contribution in [2.75, 3.05) is 4.90 Å². The van der Waals surface area contributed by atoms with Crippen molar-refractivity contribution in [1.82, 2.24) is 0 Å². The second-order valence-corrected chi connectivity index (χ2v) is 8.21. The van der Waals surface area contributed by atoms with Crippen LogP contribution in [-0.2, 0) is 12.8 Å². The number of aryl methyl sites for hydroxylation is 2. The molecule has 7 heteroatoms. The fourth-order valence-electron chi connectivity index (χ4n) is 3.46. The summed E-state index contributed by atoms with van der Waals surface area (Å²) in [7, 11) is 0. The highest BCUT2D eigenvalue weighted by molar-refractivity contribution is 6.42. The normalized spacial score (nSPS) is 15.9. The summed E-state index contributed by atoms with van der Waals surface area (Å²) in [4.78, 5) is 10.4. The van der Waals surface area contributed by atoms with Gasteiger partial charge in [0.15, 0.2) is 0 Å². The van der Waals surface area contributed by atoms with Gasteiger partial charge in [0.05, 0.1) is 10.0 Å². The van der Waals surface area contributed by atoms with Crippen LogP contribution in [0.3, 0.4) is 0 Å². The van der Waals surface area contributed by atoms with Crippen molar-refractivity contribution in [3.63, 3.8) is 0 Å². The molecule has 1 heterocycles. The Bertz CT molecular complexity index is 921. The van der Waals surface area contributed by atoms with E-state index in [9.17, 15) is 0 Å². The van der Waals surface area contributed by atoms with E-state index in [2.05, 4.69) is 22.1 Å². The van der Waals surface area contributed by atoms with Gasteiger partial charge >= 0.3 is 0 Å². The van der Waals surface area contributed by atoms with Gasteiger partial charge in [0.2, 0.25) is 11.9 Å². The van der Waals surface area contributed by atoms with E-state index in [0.29, 0.717) is 16.0 Å². The van der Waals surface area contributed by atoms with Gasteiger partial charge in [0.1, 0.15) is 5.66 Å². The van der Waals surface area contributed by atoms with Crippen LogP contribution in [0.15, 0.2) is 52.4 Å². The van der Waals surface area contributed by atoms with E-state index in [1.165, 1.54) is 11.1 Å². The van der Waals surface area contributed by atoms with Crippen LogP contribution in [0, 0.1) is 0 Å². The summed E-state index contributed by atoms with van der Waals surface area (Å²) < 4.78 is 0. The van der Waals surface area contributed by atoms with Crippen LogP contribution in [0.25, 0.3) is 0 Å². The highest BCUT2D eigenvalue weighted by Crippen LogP contribution is 2.28. The van der Waals surface area contributed by atoms with Gasteiger partial charge < -0.3 is 11.5 Å². The summed E-state index contributed by atoms with van der Waals surface area (Å²) in [5.41, 5.74) is 14.7. The van der Waals surface area contributed by atoms with Crippen molar-refractivity contribution < 1.29 is 0 Å². The second kappa shape index (κ2) is 8.41. The minimum absolute atomic E-state index is 0.206. The van der Waals surface area contributed by atoms with Crippen LogP contribution in [0.5, 0.6) is 0 Å². The van der Waals surface area contributed by atoms with Gasteiger partial charge in [-0.05, 0) is 74.9 Å². The topological polar surface area (TPSA) is 80.0 Å². The molecule has 4 N–H and O–H groups in total. The number of hydrogen-bond acceptors (Lipinski definition) is 5. The number of guanidine groups is 2. The third-order valence-electron chi connectivity index (χ3n) is 4.73. The van der Waals surface area contributed by atoms with E-state index in [1.54, 1.807) is 0 Å². The summed E-state index contributed by atoms with van der Waals surface area (Å²) in [6, 6.07) is 14.1. The summed E-state index contributed by atoms with van der Waals surface area (Å²) >= 11 is 12.1. The zero-order chi connectivity index (χ0) is 20.3. The third kappa shape index (κ3) is 4.78. The zero-order valence-corrected chi connectivity index (χ0v) is 17.6. The molecule has 1 aliphatic rings. The maximum absolute atomic E-state index is 6.13. The Hall–Kier alpha value is -2.24. The summed E-state index contributed by atoms with van der Waals surface area (Å²) in [6.45, 7) is 3.93. The molecule has 5 nitrogen and oxygen atoms in total. The number of unbranched alkanes of at least 4 members (excludes halogenated alkanes) is 1. The first kappa shape index (κ1) is 20.5. The first-order chi connectivity index (χ1) is 13.3. The monoisotopic (exact) mass is 417 g/mol. The molecule has 0 spiro atoms. The minimum Gasteiger partial charge on any atom is -0.369 e. The molecule has 28 heavy (non-hydrogen) atoms. The molecular formula is C21H25Cl2N5. The lowest BCUT2D eigenvalue weighted by Crippen LogP contribution is -2.54. The van der Waals surface area contributed by atoms with Gasteiger partial charge in [-0.1, -0.05) is 41.4 Å².